The fourth-order valence-electron chi connectivity index (χ4n) is 2.44. The quantitative estimate of drug-likeness (QED) is 0.480. The monoisotopic (exact) mass is 389 g/mol. The number of H-pyrrole nitrogens is 1. The molecule has 0 saturated heterocycles. The lowest BCUT2D eigenvalue weighted by Gasteiger charge is -2.07. The minimum absolute atomic E-state index is 0.0241. The molecule has 1 aromatic carbocycles. The second-order valence-electron chi connectivity index (χ2n) is 5.77. The number of aromatic amines is 1. The number of primary amides is 1. The van der Waals surface area contributed by atoms with E-state index in [0.717, 1.165) is 0 Å². The maximum absolute atomic E-state index is 12.0. The van der Waals surface area contributed by atoms with Crippen LogP contribution in [0.3, 0.4) is 0 Å². The van der Waals surface area contributed by atoms with Gasteiger partial charge in [-0.25, -0.2) is 8.42 Å². The van der Waals surface area contributed by atoms with Crippen LogP contribution in [0.25, 0.3) is 11.3 Å². The molecular weight excluding hydrogens is 370 g/mol. The van der Waals surface area contributed by atoms with Gasteiger partial charge in [-0.3, -0.25) is 19.3 Å². The van der Waals surface area contributed by atoms with Gasteiger partial charge in [-0.15, -0.1) is 0 Å². The first kappa shape index (κ1) is 18.5. The topological polar surface area (TPSA) is 148 Å². The van der Waals surface area contributed by atoms with E-state index in [9.17, 15) is 13.2 Å². The van der Waals surface area contributed by atoms with Crippen LogP contribution in [0, 0.1) is 0 Å². The molecule has 0 spiro atoms. The van der Waals surface area contributed by atoms with Crippen molar-refractivity contribution in [3.8, 4) is 11.3 Å². The molecule has 0 aliphatic heterocycles. The fourth-order valence-corrected chi connectivity index (χ4v) is 3.08. The third-order valence-corrected chi connectivity index (χ3v) is 5.11. The van der Waals surface area contributed by atoms with Crippen molar-refractivity contribution >= 4 is 33.3 Å². The number of anilines is 3. The van der Waals surface area contributed by atoms with Crippen LogP contribution in [-0.4, -0.2) is 40.1 Å². The van der Waals surface area contributed by atoms with Crippen LogP contribution in [0.5, 0.6) is 0 Å². The molecule has 5 N–H and O–H groups in total. The summed E-state index contributed by atoms with van der Waals surface area (Å²) in [6.45, 7) is 1.55. The predicted octanol–water partition coefficient (Wildman–Crippen LogP) is 1.41. The molecule has 3 aromatic rings. The lowest BCUT2D eigenvalue weighted by molar-refractivity contribution is 0.100. The minimum Gasteiger partial charge on any atom is -0.365 e. The van der Waals surface area contributed by atoms with Crippen LogP contribution < -0.4 is 15.8 Å². The molecule has 0 aliphatic carbocycles. The number of rotatable bonds is 7. The van der Waals surface area contributed by atoms with E-state index in [-0.39, 0.29) is 17.1 Å². The highest BCUT2D eigenvalue weighted by Crippen LogP contribution is 2.29. The Morgan fingerprint density at radius 2 is 1.96 bits per heavy atom. The van der Waals surface area contributed by atoms with Gasteiger partial charge < -0.3 is 11.1 Å². The van der Waals surface area contributed by atoms with Crippen molar-refractivity contribution in [2.75, 3.05) is 15.8 Å². The lowest BCUT2D eigenvalue weighted by atomic mass is 10.1. The highest BCUT2D eigenvalue weighted by molar-refractivity contribution is 7.92. The third kappa shape index (κ3) is 4.08. The summed E-state index contributed by atoms with van der Waals surface area (Å²) < 4.78 is 27.3. The number of carbonyl (C=O) groups is 1. The molecule has 10 nitrogen and oxygen atoms in total. The zero-order valence-electron chi connectivity index (χ0n) is 14.7. The van der Waals surface area contributed by atoms with Gasteiger partial charge in [0.25, 0.3) is 5.91 Å². The molecular formula is C16H19N7O3S. The molecule has 3 rings (SSSR count). The number of aromatic nitrogens is 4. The van der Waals surface area contributed by atoms with Crippen molar-refractivity contribution in [2.24, 2.45) is 12.8 Å². The van der Waals surface area contributed by atoms with E-state index < -0.39 is 15.9 Å². The first-order valence-electron chi connectivity index (χ1n) is 8.05. The van der Waals surface area contributed by atoms with Crippen molar-refractivity contribution in [3.63, 3.8) is 0 Å². The van der Waals surface area contributed by atoms with Crippen LogP contribution in [-0.2, 0) is 17.1 Å². The van der Waals surface area contributed by atoms with Crippen molar-refractivity contribution in [3.05, 3.63) is 42.1 Å². The molecule has 2 heterocycles. The normalized spacial score (nSPS) is 11.3. The predicted molar refractivity (Wildman–Crippen MR) is 102 cm³/mol. The molecule has 0 bridgehead atoms. The number of nitrogens with two attached hydrogens (primary N) is 1. The van der Waals surface area contributed by atoms with Crippen molar-refractivity contribution in [1.29, 1.82) is 0 Å². The Morgan fingerprint density at radius 3 is 2.52 bits per heavy atom. The fraction of sp³-hybridized carbons (Fsp3) is 0.188. The van der Waals surface area contributed by atoms with Crippen molar-refractivity contribution in [1.82, 2.24) is 20.0 Å². The molecule has 0 aliphatic rings. The van der Waals surface area contributed by atoms with Crippen LogP contribution in [0.2, 0.25) is 0 Å². The molecule has 2 aromatic heterocycles. The number of amides is 1. The highest BCUT2D eigenvalue weighted by atomic mass is 32.2. The Kier molecular flexibility index (Phi) is 4.86. The minimum atomic E-state index is -3.36. The molecule has 0 atom stereocenters. The molecule has 1 amide bonds. The summed E-state index contributed by atoms with van der Waals surface area (Å²) in [5, 5.41) is 14.0. The number of benzene rings is 1. The standard InChI is InChI=1S/C16H19N7O3S/c1-3-27(25,26)22-11-6-4-10(5-7-11)14-13(15(17)24)16(20-19-14)18-12-8-9-23(2)21-12/h4-9,22H,3H2,1-2H3,(H2,17,24)(H2,18,19,20,21). The van der Waals surface area contributed by atoms with Gasteiger partial charge in [-0.05, 0) is 19.1 Å². The Morgan fingerprint density at radius 1 is 1.26 bits per heavy atom. The van der Waals surface area contributed by atoms with Crippen LogP contribution in [0.1, 0.15) is 17.3 Å². The second kappa shape index (κ2) is 7.11. The molecule has 142 valence electrons. The molecule has 27 heavy (non-hydrogen) atoms. The van der Waals surface area contributed by atoms with E-state index in [0.29, 0.717) is 22.8 Å². The molecule has 0 fully saturated rings. The number of carbonyl (C=O) groups excluding carboxylic acids is 1. The van der Waals surface area contributed by atoms with E-state index in [2.05, 4.69) is 25.3 Å². The number of nitrogens with one attached hydrogen (secondary N) is 3. The SMILES string of the molecule is CCS(=O)(=O)Nc1ccc(-c2[nH]nc(Nc3ccn(C)n3)c2C(N)=O)cc1. The van der Waals surface area contributed by atoms with Crippen LogP contribution in [0.4, 0.5) is 17.3 Å². The number of sulfonamides is 1. The summed E-state index contributed by atoms with van der Waals surface area (Å²) in [6, 6.07) is 8.25. The Balaban J connectivity index is 1.91. The number of hydrogen-bond donors (Lipinski definition) is 4. The van der Waals surface area contributed by atoms with Gasteiger partial charge in [0.15, 0.2) is 11.6 Å². The van der Waals surface area contributed by atoms with Gasteiger partial charge in [0.05, 0.1) is 11.4 Å². The Bertz CT molecular complexity index is 1070. The smallest absolute Gasteiger partial charge is 0.254 e. The summed E-state index contributed by atoms with van der Waals surface area (Å²) in [6.07, 6.45) is 1.75. The third-order valence-electron chi connectivity index (χ3n) is 3.80. The number of nitrogens with zero attached hydrogens (tertiary/aromatic N) is 3. The summed E-state index contributed by atoms with van der Waals surface area (Å²) >= 11 is 0. The summed E-state index contributed by atoms with van der Waals surface area (Å²) in [4.78, 5) is 12.0. The summed E-state index contributed by atoms with van der Waals surface area (Å²) in [5.74, 6) is 0.0891. The largest absolute Gasteiger partial charge is 0.365 e. The number of aryl methyl sites for hydroxylation is 1. The zero-order valence-corrected chi connectivity index (χ0v) is 15.5. The first-order chi connectivity index (χ1) is 12.8. The van der Waals surface area contributed by atoms with Gasteiger partial charge in [0, 0.05) is 30.6 Å². The van der Waals surface area contributed by atoms with E-state index >= 15 is 0 Å². The van der Waals surface area contributed by atoms with E-state index in [1.165, 1.54) is 0 Å². The maximum Gasteiger partial charge on any atom is 0.254 e. The van der Waals surface area contributed by atoms with Gasteiger partial charge >= 0.3 is 0 Å². The molecule has 0 saturated carbocycles. The number of hydrogen-bond acceptors (Lipinski definition) is 6. The lowest BCUT2D eigenvalue weighted by Crippen LogP contribution is -2.14. The van der Waals surface area contributed by atoms with E-state index in [1.807, 2.05) is 0 Å². The van der Waals surface area contributed by atoms with Gasteiger partial charge in [-0.2, -0.15) is 10.2 Å². The van der Waals surface area contributed by atoms with Crippen LogP contribution in [0.15, 0.2) is 36.5 Å². The van der Waals surface area contributed by atoms with Gasteiger partial charge in [-0.1, -0.05) is 12.1 Å². The average molecular weight is 389 g/mol. The van der Waals surface area contributed by atoms with Crippen molar-refractivity contribution in [2.45, 2.75) is 6.92 Å². The summed E-state index contributed by atoms with van der Waals surface area (Å²) in [5.41, 5.74) is 7.19. The Labute approximate surface area is 155 Å². The Hall–Kier alpha value is -3.34. The molecule has 0 unspecified atom stereocenters. The van der Waals surface area contributed by atoms with Crippen LogP contribution >= 0.6 is 0 Å². The highest BCUT2D eigenvalue weighted by Gasteiger charge is 2.20. The van der Waals surface area contributed by atoms with Gasteiger partial charge in [0.1, 0.15) is 5.56 Å². The maximum atomic E-state index is 12.0. The summed E-state index contributed by atoms with van der Waals surface area (Å²) in [7, 11) is -1.59. The average Bonchev–Trinajstić information content (AvgIpc) is 3.22. The van der Waals surface area contributed by atoms with E-state index in [4.69, 9.17) is 5.73 Å². The van der Waals surface area contributed by atoms with Crippen molar-refractivity contribution < 1.29 is 13.2 Å². The van der Waals surface area contributed by atoms with E-state index in [1.54, 1.807) is 55.2 Å². The second-order valence-corrected chi connectivity index (χ2v) is 7.78. The molecule has 11 heteroatoms. The van der Waals surface area contributed by atoms with Gasteiger partial charge in [0.2, 0.25) is 10.0 Å². The first-order valence-corrected chi connectivity index (χ1v) is 9.70. The molecule has 0 radical (unpaired) electrons. The zero-order chi connectivity index (χ0) is 19.6.